The molecule has 0 atom stereocenters. The number of carbonyl (C=O) groups excluding carboxylic acids is 1. The van der Waals surface area contributed by atoms with Crippen molar-refractivity contribution in [3.8, 4) is 0 Å². The average Bonchev–Trinajstić information content (AvgIpc) is 2.41. The number of carbonyl (C=O) groups is 1. The predicted molar refractivity (Wildman–Crippen MR) is 73.7 cm³/mol. The van der Waals surface area contributed by atoms with Crippen LogP contribution in [0.5, 0.6) is 0 Å². The third-order valence-corrected chi connectivity index (χ3v) is 2.78. The largest absolute Gasteiger partial charge is 0.334 e. The van der Waals surface area contributed by atoms with Crippen LogP contribution in [-0.2, 0) is 6.54 Å². The van der Waals surface area contributed by atoms with Crippen LogP contribution in [0.15, 0.2) is 42.5 Å². The van der Waals surface area contributed by atoms with Gasteiger partial charge >= 0.3 is 6.03 Å². The molecule has 0 heterocycles. The maximum absolute atomic E-state index is 13.3. The molecule has 2 rings (SSSR count). The van der Waals surface area contributed by atoms with Crippen LogP contribution < -0.4 is 10.6 Å². The summed E-state index contributed by atoms with van der Waals surface area (Å²) in [7, 11) is 0. The molecule has 2 amide bonds. The summed E-state index contributed by atoms with van der Waals surface area (Å²) in [5.74, 6) is -1.66. The Hall–Kier alpha value is -2.14. The summed E-state index contributed by atoms with van der Waals surface area (Å²) in [6.07, 6.45) is 0. The first-order valence-electron chi connectivity index (χ1n) is 5.79. The van der Waals surface area contributed by atoms with Crippen LogP contribution in [0, 0.1) is 11.6 Å². The van der Waals surface area contributed by atoms with Crippen molar-refractivity contribution in [1.29, 1.82) is 0 Å². The van der Waals surface area contributed by atoms with Crippen LogP contribution in [-0.4, -0.2) is 6.03 Å². The minimum absolute atomic E-state index is 0.197. The molecule has 0 aliphatic carbocycles. The van der Waals surface area contributed by atoms with E-state index < -0.39 is 23.4 Å². The Labute approximate surface area is 119 Å². The summed E-state index contributed by atoms with van der Waals surface area (Å²) in [5, 5.41) is 5.16. The van der Waals surface area contributed by atoms with Crippen molar-refractivity contribution < 1.29 is 13.6 Å². The summed E-state index contributed by atoms with van der Waals surface area (Å²) < 4.78 is 26.7. The van der Waals surface area contributed by atoms with E-state index in [4.69, 9.17) is 11.6 Å². The number of nitrogens with one attached hydrogen (secondary N) is 2. The van der Waals surface area contributed by atoms with Gasteiger partial charge in [0.25, 0.3) is 0 Å². The number of anilines is 1. The van der Waals surface area contributed by atoms with Crippen molar-refractivity contribution in [2.75, 3.05) is 5.32 Å². The number of halogens is 3. The molecule has 0 fully saturated rings. The summed E-state index contributed by atoms with van der Waals surface area (Å²) in [6.45, 7) is 0.197. The molecular weight excluding hydrogens is 286 g/mol. The quantitative estimate of drug-likeness (QED) is 0.885. The lowest BCUT2D eigenvalue weighted by molar-refractivity contribution is 0.251. The Morgan fingerprint density at radius 3 is 2.40 bits per heavy atom. The highest BCUT2D eigenvalue weighted by atomic mass is 35.5. The third-order valence-electron chi connectivity index (χ3n) is 2.54. The molecule has 20 heavy (non-hydrogen) atoms. The van der Waals surface area contributed by atoms with E-state index in [1.165, 1.54) is 6.07 Å². The molecule has 0 aromatic heterocycles. The zero-order chi connectivity index (χ0) is 14.5. The molecule has 104 valence electrons. The average molecular weight is 297 g/mol. The number of urea groups is 1. The third kappa shape index (κ3) is 3.68. The van der Waals surface area contributed by atoms with E-state index in [0.29, 0.717) is 5.02 Å². The Morgan fingerprint density at radius 1 is 1.10 bits per heavy atom. The van der Waals surface area contributed by atoms with Gasteiger partial charge < -0.3 is 10.6 Å². The molecule has 0 spiro atoms. The van der Waals surface area contributed by atoms with Crippen molar-refractivity contribution in [3.05, 3.63) is 64.7 Å². The highest BCUT2D eigenvalue weighted by Crippen LogP contribution is 2.17. The molecule has 0 aliphatic rings. The van der Waals surface area contributed by atoms with Gasteiger partial charge in [-0.25, -0.2) is 13.6 Å². The van der Waals surface area contributed by atoms with E-state index in [9.17, 15) is 13.6 Å². The first-order valence-corrected chi connectivity index (χ1v) is 6.17. The highest BCUT2D eigenvalue weighted by molar-refractivity contribution is 6.30. The van der Waals surface area contributed by atoms with Crippen molar-refractivity contribution in [3.63, 3.8) is 0 Å². The van der Waals surface area contributed by atoms with Crippen molar-refractivity contribution >= 4 is 23.3 Å². The summed E-state index contributed by atoms with van der Waals surface area (Å²) in [6, 6.07) is 9.56. The fourth-order valence-corrected chi connectivity index (χ4v) is 1.82. The number of para-hydroxylation sites is 1. The second-order valence-corrected chi connectivity index (χ2v) is 4.47. The summed E-state index contributed by atoms with van der Waals surface area (Å²) >= 11 is 5.80. The van der Waals surface area contributed by atoms with Gasteiger partial charge in [-0.15, -0.1) is 0 Å². The minimum Gasteiger partial charge on any atom is -0.334 e. The Kier molecular flexibility index (Phi) is 4.53. The van der Waals surface area contributed by atoms with E-state index in [1.54, 1.807) is 24.3 Å². The van der Waals surface area contributed by atoms with Gasteiger partial charge in [0.2, 0.25) is 0 Å². The van der Waals surface area contributed by atoms with Gasteiger partial charge in [0.15, 0.2) is 0 Å². The van der Waals surface area contributed by atoms with Gasteiger partial charge in [0, 0.05) is 11.6 Å². The van der Waals surface area contributed by atoms with Crippen molar-refractivity contribution in [2.45, 2.75) is 6.54 Å². The van der Waals surface area contributed by atoms with E-state index in [1.807, 2.05) is 0 Å². The summed E-state index contributed by atoms with van der Waals surface area (Å²) in [4.78, 5) is 11.6. The molecule has 6 heteroatoms. The predicted octanol–water partition coefficient (Wildman–Crippen LogP) is 3.94. The van der Waals surface area contributed by atoms with Gasteiger partial charge in [0.1, 0.15) is 17.3 Å². The standard InChI is InChI=1S/C14H11ClF2N2O/c15-10-4-1-3-9(7-10)8-18-14(20)19-13-11(16)5-2-6-12(13)17/h1-7H,8H2,(H2,18,19,20). The molecule has 2 aromatic rings. The Morgan fingerprint density at radius 2 is 1.75 bits per heavy atom. The Bertz CT molecular complexity index is 614. The number of hydrogen-bond acceptors (Lipinski definition) is 1. The maximum atomic E-state index is 13.3. The molecule has 0 unspecified atom stereocenters. The van der Waals surface area contributed by atoms with Crippen LogP contribution >= 0.6 is 11.6 Å². The SMILES string of the molecule is O=C(NCc1cccc(Cl)c1)Nc1c(F)cccc1F. The van der Waals surface area contributed by atoms with Crippen LogP contribution in [0.1, 0.15) is 5.56 Å². The topological polar surface area (TPSA) is 41.1 Å². The molecule has 3 nitrogen and oxygen atoms in total. The smallest absolute Gasteiger partial charge is 0.319 e. The fraction of sp³-hybridized carbons (Fsp3) is 0.0714. The van der Waals surface area contributed by atoms with Gasteiger partial charge in [0.05, 0.1) is 0 Å². The van der Waals surface area contributed by atoms with E-state index in [-0.39, 0.29) is 6.54 Å². The lowest BCUT2D eigenvalue weighted by Crippen LogP contribution is -2.29. The van der Waals surface area contributed by atoms with Gasteiger partial charge in [-0.1, -0.05) is 29.8 Å². The summed E-state index contributed by atoms with van der Waals surface area (Å²) in [5.41, 5.74) is 0.303. The minimum atomic E-state index is -0.831. The molecule has 0 saturated carbocycles. The van der Waals surface area contributed by atoms with Crippen LogP contribution in [0.25, 0.3) is 0 Å². The molecule has 2 aromatic carbocycles. The Balaban J connectivity index is 1.96. The molecule has 0 saturated heterocycles. The monoisotopic (exact) mass is 296 g/mol. The van der Waals surface area contributed by atoms with Crippen LogP contribution in [0.4, 0.5) is 19.3 Å². The molecule has 2 N–H and O–H groups in total. The lowest BCUT2D eigenvalue weighted by atomic mass is 10.2. The highest BCUT2D eigenvalue weighted by Gasteiger charge is 2.11. The zero-order valence-corrected chi connectivity index (χ0v) is 11.0. The fourth-order valence-electron chi connectivity index (χ4n) is 1.60. The van der Waals surface area contributed by atoms with E-state index in [0.717, 1.165) is 17.7 Å². The first-order chi connectivity index (χ1) is 9.56. The zero-order valence-electron chi connectivity index (χ0n) is 10.3. The molecule has 0 radical (unpaired) electrons. The first kappa shape index (κ1) is 14.3. The number of hydrogen-bond donors (Lipinski definition) is 2. The molecule has 0 bridgehead atoms. The van der Waals surface area contributed by atoms with Gasteiger partial charge in [-0.05, 0) is 29.8 Å². The van der Waals surface area contributed by atoms with Crippen molar-refractivity contribution in [1.82, 2.24) is 5.32 Å². The van der Waals surface area contributed by atoms with E-state index in [2.05, 4.69) is 10.6 Å². The second-order valence-electron chi connectivity index (χ2n) is 4.03. The number of benzene rings is 2. The number of amides is 2. The van der Waals surface area contributed by atoms with Crippen LogP contribution in [0.3, 0.4) is 0 Å². The maximum Gasteiger partial charge on any atom is 0.319 e. The molecular formula is C14H11ClF2N2O. The van der Waals surface area contributed by atoms with Crippen LogP contribution in [0.2, 0.25) is 5.02 Å². The van der Waals surface area contributed by atoms with Gasteiger partial charge in [-0.2, -0.15) is 0 Å². The normalized spacial score (nSPS) is 10.2. The van der Waals surface area contributed by atoms with E-state index >= 15 is 0 Å². The van der Waals surface area contributed by atoms with Gasteiger partial charge in [-0.3, -0.25) is 0 Å². The van der Waals surface area contributed by atoms with Crippen molar-refractivity contribution in [2.24, 2.45) is 0 Å². The molecule has 0 aliphatic heterocycles. The second kappa shape index (κ2) is 6.34. The number of rotatable bonds is 3. The lowest BCUT2D eigenvalue weighted by Gasteiger charge is -2.09.